The van der Waals surface area contributed by atoms with Gasteiger partial charge in [0.25, 0.3) is 0 Å². The molecule has 1 fully saturated rings. The van der Waals surface area contributed by atoms with E-state index in [2.05, 4.69) is 17.4 Å². The summed E-state index contributed by atoms with van der Waals surface area (Å²) >= 11 is 1.88. The van der Waals surface area contributed by atoms with E-state index in [1.54, 1.807) is 0 Å². The van der Waals surface area contributed by atoms with Gasteiger partial charge < -0.3 is 4.90 Å². The summed E-state index contributed by atoms with van der Waals surface area (Å²) in [5, 5.41) is 0. The van der Waals surface area contributed by atoms with Crippen molar-refractivity contribution < 1.29 is 13.2 Å². The lowest BCUT2D eigenvalue weighted by Gasteiger charge is -2.37. The van der Waals surface area contributed by atoms with Gasteiger partial charge in [-0.1, -0.05) is 12.1 Å². The molecule has 3 N–H and O–H groups in total. The number of hydrazine groups is 1. The molecule has 0 spiro atoms. The number of hydrogen-bond donors (Lipinski definition) is 2. The SMILES string of the molecule is CN1CCSCC1C(Cc1ccc(C(F)(F)F)cc1)NN. The number of nitrogens with zero attached hydrogens (tertiary/aromatic N) is 1. The van der Waals surface area contributed by atoms with Gasteiger partial charge in [0.15, 0.2) is 0 Å². The number of halogens is 3. The van der Waals surface area contributed by atoms with Gasteiger partial charge in [0.05, 0.1) is 5.56 Å². The third-order valence-electron chi connectivity index (χ3n) is 3.86. The second-order valence-corrected chi connectivity index (χ2v) is 6.44. The summed E-state index contributed by atoms with van der Waals surface area (Å²) in [4.78, 5) is 2.26. The van der Waals surface area contributed by atoms with Gasteiger partial charge in [-0.25, -0.2) is 0 Å². The third kappa shape index (κ3) is 4.35. The molecule has 2 rings (SSSR count). The number of alkyl halides is 3. The topological polar surface area (TPSA) is 41.3 Å². The second-order valence-electron chi connectivity index (χ2n) is 5.29. The maximum Gasteiger partial charge on any atom is 0.416 e. The number of likely N-dealkylation sites (N-methyl/N-ethyl adjacent to an activating group) is 1. The first-order chi connectivity index (χ1) is 9.91. The lowest BCUT2D eigenvalue weighted by atomic mass is 9.99. The molecule has 118 valence electrons. The second kappa shape index (κ2) is 7.00. The first kappa shape index (κ1) is 16.6. The van der Waals surface area contributed by atoms with Gasteiger partial charge >= 0.3 is 6.18 Å². The average Bonchev–Trinajstić information content (AvgIpc) is 2.45. The molecule has 0 amide bonds. The zero-order valence-electron chi connectivity index (χ0n) is 11.9. The molecule has 0 aromatic heterocycles. The third-order valence-corrected chi connectivity index (χ3v) is 4.91. The van der Waals surface area contributed by atoms with Gasteiger partial charge in [0.2, 0.25) is 0 Å². The zero-order chi connectivity index (χ0) is 15.5. The molecule has 1 heterocycles. The molecule has 0 radical (unpaired) electrons. The quantitative estimate of drug-likeness (QED) is 0.659. The van der Waals surface area contributed by atoms with Gasteiger partial charge in [0.1, 0.15) is 0 Å². The predicted octanol–water partition coefficient (Wildman–Crippen LogP) is 2.13. The van der Waals surface area contributed by atoms with Crippen LogP contribution >= 0.6 is 11.8 Å². The van der Waals surface area contributed by atoms with E-state index in [9.17, 15) is 13.2 Å². The van der Waals surface area contributed by atoms with Gasteiger partial charge in [-0.2, -0.15) is 24.9 Å². The molecule has 2 atom stereocenters. The Hall–Kier alpha value is -0.760. The first-order valence-corrected chi connectivity index (χ1v) is 7.97. The highest BCUT2D eigenvalue weighted by Gasteiger charge is 2.31. The smallest absolute Gasteiger partial charge is 0.300 e. The zero-order valence-corrected chi connectivity index (χ0v) is 12.7. The molecule has 1 aromatic rings. The Bertz CT molecular complexity index is 450. The molecule has 0 aliphatic carbocycles. The van der Waals surface area contributed by atoms with Crippen molar-refractivity contribution in [3.63, 3.8) is 0 Å². The van der Waals surface area contributed by atoms with Crippen molar-refractivity contribution in [2.75, 3.05) is 25.1 Å². The molecule has 7 heteroatoms. The maximum absolute atomic E-state index is 12.5. The van der Waals surface area contributed by atoms with Crippen LogP contribution in [0.25, 0.3) is 0 Å². The number of nitrogens with two attached hydrogens (primary N) is 1. The lowest BCUT2D eigenvalue weighted by molar-refractivity contribution is -0.137. The fraction of sp³-hybridized carbons (Fsp3) is 0.571. The minimum atomic E-state index is -4.29. The lowest BCUT2D eigenvalue weighted by Crippen LogP contribution is -2.55. The van der Waals surface area contributed by atoms with Crippen LogP contribution in [-0.4, -0.2) is 42.1 Å². The summed E-state index contributed by atoms with van der Waals surface area (Å²) in [6, 6.07) is 5.63. The van der Waals surface area contributed by atoms with Gasteiger partial charge in [0, 0.05) is 30.1 Å². The summed E-state index contributed by atoms with van der Waals surface area (Å²) in [5.41, 5.74) is 3.06. The van der Waals surface area contributed by atoms with Gasteiger partial charge in [-0.3, -0.25) is 11.3 Å². The van der Waals surface area contributed by atoms with Crippen molar-refractivity contribution in [1.29, 1.82) is 0 Å². The molecular formula is C14H20F3N3S. The molecule has 0 saturated carbocycles. The summed E-state index contributed by atoms with van der Waals surface area (Å²) in [6.45, 7) is 1.00. The Balaban J connectivity index is 2.04. The fourth-order valence-electron chi connectivity index (χ4n) is 2.52. The maximum atomic E-state index is 12.5. The Kier molecular flexibility index (Phi) is 5.54. The standard InChI is InChI=1S/C14H20F3N3S/c1-20-6-7-21-9-13(20)12(19-18)8-10-2-4-11(5-3-10)14(15,16)17/h2-5,12-13,19H,6-9,18H2,1H3. The van der Waals surface area contributed by atoms with Crippen molar-refractivity contribution in [3.05, 3.63) is 35.4 Å². The molecule has 1 saturated heterocycles. The van der Waals surface area contributed by atoms with Crippen LogP contribution < -0.4 is 11.3 Å². The van der Waals surface area contributed by atoms with Crippen molar-refractivity contribution in [1.82, 2.24) is 10.3 Å². The monoisotopic (exact) mass is 319 g/mol. The Labute approximate surface area is 127 Å². The van der Waals surface area contributed by atoms with Crippen molar-refractivity contribution in [2.45, 2.75) is 24.7 Å². The Morgan fingerprint density at radius 1 is 1.38 bits per heavy atom. The Morgan fingerprint density at radius 3 is 2.57 bits per heavy atom. The Morgan fingerprint density at radius 2 is 2.05 bits per heavy atom. The molecule has 21 heavy (non-hydrogen) atoms. The largest absolute Gasteiger partial charge is 0.416 e. The summed E-state index contributed by atoms with van der Waals surface area (Å²) in [6.07, 6.45) is -3.67. The normalized spacial score (nSPS) is 22.2. The van der Waals surface area contributed by atoms with E-state index in [0.29, 0.717) is 6.42 Å². The van der Waals surface area contributed by atoms with Crippen molar-refractivity contribution in [2.24, 2.45) is 5.84 Å². The van der Waals surface area contributed by atoms with Gasteiger partial charge in [-0.15, -0.1) is 0 Å². The summed E-state index contributed by atoms with van der Waals surface area (Å²) < 4.78 is 37.6. The van der Waals surface area contributed by atoms with E-state index in [1.165, 1.54) is 12.1 Å². The highest BCUT2D eigenvalue weighted by Crippen LogP contribution is 2.29. The van der Waals surface area contributed by atoms with Crippen molar-refractivity contribution in [3.8, 4) is 0 Å². The number of rotatable bonds is 4. The van der Waals surface area contributed by atoms with Crippen LogP contribution in [0.2, 0.25) is 0 Å². The van der Waals surface area contributed by atoms with Crippen molar-refractivity contribution >= 4 is 11.8 Å². The number of nitrogens with one attached hydrogen (secondary N) is 1. The molecule has 1 aromatic carbocycles. The summed E-state index contributed by atoms with van der Waals surface area (Å²) in [7, 11) is 2.06. The van der Waals surface area contributed by atoms with Crippen LogP contribution in [0, 0.1) is 0 Å². The molecule has 0 bridgehead atoms. The molecule has 2 unspecified atom stereocenters. The van der Waals surface area contributed by atoms with E-state index in [4.69, 9.17) is 5.84 Å². The molecule has 3 nitrogen and oxygen atoms in total. The molecular weight excluding hydrogens is 299 g/mol. The van der Waals surface area contributed by atoms with Crippen LogP contribution in [-0.2, 0) is 12.6 Å². The van der Waals surface area contributed by atoms with Crippen LogP contribution in [0.3, 0.4) is 0 Å². The van der Waals surface area contributed by atoms with Crippen LogP contribution in [0.1, 0.15) is 11.1 Å². The minimum Gasteiger partial charge on any atom is -0.300 e. The van der Waals surface area contributed by atoms with E-state index < -0.39 is 11.7 Å². The fourth-order valence-corrected chi connectivity index (χ4v) is 3.83. The van der Waals surface area contributed by atoms with E-state index >= 15 is 0 Å². The predicted molar refractivity (Wildman–Crippen MR) is 80.0 cm³/mol. The van der Waals surface area contributed by atoms with Crippen LogP contribution in [0.5, 0.6) is 0 Å². The van der Waals surface area contributed by atoms with Gasteiger partial charge in [-0.05, 0) is 31.2 Å². The number of benzene rings is 1. The van der Waals surface area contributed by atoms with E-state index in [0.717, 1.165) is 35.7 Å². The van der Waals surface area contributed by atoms with Crippen LogP contribution in [0.15, 0.2) is 24.3 Å². The molecule has 1 aliphatic heterocycles. The molecule has 1 aliphatic rings. The first-order valence-electron chi connectivity index (χ1n) is 6.82. The van der Waals surface area contributed by atoms with Crippen LogP contribution in [0.4, 0.5) is 13.2 Å². The van der Waals surface area contributed by atoms with E-state index in [-0.39, 0.29) is 12.1 Å². The highest BCUT2D eigenvalue weighted by atomic mass is 32.2. The number of hydrogen-bond acceptors (Lipinski definition) is 4. The number of thioether (sulfide) groups is 1. The van der Waals surface area contributed by atoms with E-state index in [1.807, 2.05) is 11.8 Å². The highest BCUT2D eigenvalue weighted by molar-refractivity contribution is 7.99. The minimum absolute atomic E-state index is 0.0273. The summed E-state index contributed by atoms with van der Waals surface area (Å²) in [5.74, 6) is 7.73. The average molecular weight is 319 g/mol.